The second-order valence-corrected chi connectivity index (χ2v) is 3.03. The third kappa shape index (κ3) is 0.855. The Morgan fingerprint density at radius 3 is 3.15 bits per heavy atom. The zero-order valence-corrected chi connectivity index (χ0v) is 6.94. The van der Waals surface area contributed by atoms with Gasteiger partial charge in [-0.3, -0.25) is 4.98 Å². The summed E-state index contributed by atoms with van der Waals surface area (Å²) in [5.74, 6) is 0. The standard InChI is InChI=1S/C11H7N2/c1-3-8-7-9-4-2-6-13-11(9)10(8)12-5-1/h1-7H/q-1. The van der Waals surface area contributed by atoms with Crippen molar-refractivity contribution in [2.24, 2.45) is 0 Å². The van der Waals surface area contributed by atoms with Crippen LogP contribution in [0.2, 0.25) is 0 Å². The minimum atomic E-state index is 0.998. The van der Waals surface area contributed by atoms with E-state index in [1.165, 1.54) is 0 Å². The SMILES string of the molecule is c1c[n-]c2c3ncccc3cc-2c1. The zero-order chi connectivity index (χ0) is 8.67. The second-order valence-electron chi connectivity index (χ2n) is 3.03. The Labute approximate surface area is 75.6 Å². The summed E-state index contributed by atoms with van der Waals surface area (Å²) in [6, 6.07) is 10.1. The van der Waals surface area contributed by atoms with E-state index in [-0.39, 0.29) is 0 Å². The van der Waals surface area contributed by atoms with Crippen LogP contribution in [0.4, 0.5) is 0 Å². The Hall–Kier alpha value is -1.83. The summed E-state index contributed by atoms with van der Waals surface area (Å²) >= 11 is 0. The summed E-state index contributed by atoms with van der Waals surface area (Å²) in [5.41, 5.74) is 3.16. The first-order chi connectivity index (χ1) is 6.45. The number of hydrogen-bond acceptors (Lipinski definition) is 1. The summed E-state index contributed by atoms with van der Waals surface area (Å²) in [7, 11) is 0. The van der Waals surface area contributed by atoms with Gasteiger partial charge in [-0.15, -0.1) is 5.69 Å². The molecule has 1 aromatic heterocycles. The third-order valence-electron chi connectivity index (χ3n) is 2.21. The van der Waals surface area contributed by atoms with Crippen LogP contribution in [0.3, 0.4) is 0 Å². The Bertz CT molecular complexity index is 525. The molecule has 2 heteroatoms. The van der Waals surface area contributed by atoms with Gasteiger partial charge in [0.05, 0.1) is 5.52 Å². The third-order valence-corrected chi connectivity index (χ3v) is 2.21. The van der Waals surface area contributed by atoms with Crippen LogP contribution in [0.25, 0.3) is 22.2 Å². The van der Waals surface area contributed by atoms with Crippen molar-refractivity contribution in [1.29, 1.82) is 0 Å². The van der Waals surface area contributed by atoms with E-state index in [0.717, 1.165) is 22.2 Å². The predicted molar refractivity (Wildman–Crippen MR) is 51.7 cm³/mol. The Kier molecular flexibility index (Phi) is 1.19. The van der Waals surface area contributed by atoms with Gasteiger partial charge in [0.1, 0.15) is 0 Å². The van der Waals surface area contributed by atoms with Gasteiger partial charge in [0.15, 0.2) is 0 Å². The van der Waals surface area contributed by atoms with Crippen LogP contribution < -0.4 is 4.98 Å². The summed E-state index contributed by atoms with van der Waals surface area (Å²) in [6.07, 6.45) is 3.60. The molecule has 0 atom stereocenters. The van der Waals surface area contributed by atoms with Gasteiger partial charge < -0.3 is 4.98 Å². The number of fused-ring (bicyclic) bond motifs is 3. The molecule has 0 unspecified atom stereocenters. The summed E-state index contributed by atoms with van der Waals surface area (Å²) in [4.78, 5) is 8.61. The van der Waals surface area contributed by atoms with Crippen molar-refractivity contribution in [3.63, 3.8) is 0 Å². The van der Waals surface area contributed by atoms with Crippen LogP contribution in [0.15, 0.2) is 42.7 Å². The van der Waals surface area contributed by atoms with Gasteiger partial charge in [-0.1, -0.05) is 18.2 Å². The number of pyridine rings is 2. The minimum absolute atomic E-state index is 0.998. The molecule has 2 heterocycles. The predicted octanol–water partition coefficient (Wildman–Crippen LogP) is 2.30. The normalized spacial score (nSPS) is 11.1. The highest BCUT2D eigenvalue weighted by atomic mass is 14.7. The lowest BCUT2D eigenvalue weighted by Gasteiger charge is -2.08. The largest absolute Gasteiger partial charge is 0.662 e. The first-order valence-corrected chi connectivity index (χ1v) is 4.20. The van der Waals surface area contributed by atoms with Crippen LogP contribution in [-0.4, -0.2) is 4.98 Å². The molecule has 13 heavy (non-hydrogen) atoms. The van der Waals surface area contributed by atoms with E-state index in [0.29, 0.717) is 0 Å². The van der Waals surface area contributed by atoms with Crippen LogP contribution in [0.5, 0.6) is 0 Å². The molecule has 0 saturated carbocycles. The fraction of sp³-hybridized carbons (Fsp3) is 0. The van der Waals surface area contributed by atoms with Crippen LogP contribution >= 0.6 is 0 Å². The smallest absolute Gasteiger partial charge is 0.0561 e. The molecule has 0 spiro atoms. The molecule has 1 aliphatic carbocycles. The first-order valence-electron chi connectivity index (χ1n) is 4.20. The molecule has 3 rings (SSSR count). The van der Waals surface area contributed by atoms with Crippen LogP contribution in [0.1, 0.15) is 0 Å². The molecular formula is C11H7N2-. The van der Waals surface area contributed by atoms with Gasteiger partial charge in [-0.2, -0.15) is 6.20 Å². The molecular weight excluding hydrogens is 160 g/mol. The van der Waals surface area contributed by atoms with E-state index in [1.54, 1.807) is 12.4 Å². The highest BCUT2D eigenvalue weighted by Crippen LogP contribution is 2.29. The van der Waals surface area contributed by atoms with E-state index in [4.69, 9.17) is 0 Å². The second kappa shape index (κ2) is 2.33. The number of nitrogens with zero attached hydrogens (tertiary/aromatic N) is 2. The van der Waals surface area contributed by atoms with Gasteiger partial charge in [-0.05, 0) is 23.1 Å². The van der Waals surface area contributed by atoms with Crippen molar-refractivity contribution >= 4 is 10.9 Å². The lowest BCUT2D eigenvalue weighted by molar-refractivity contribution is 1.29. The van der Waals surface area contributed by atoms with E-state index in [9.17, 15) is 0 Å². The molecule has 62 valence electrons. The highest BCUT2D eigenvalue weighted by Gasteiger charge is 2.02. The maximum Gasteiger partial charge on any atom is 0.0561 e. The first kappa shape index (κ1) is 6.66. The lowest BCUT2D eigenvalue weighted by atomic mass is 10.2. The quantitative estimate of drug-likeness (QED) is 0.513. The van der Waals surface area contributed by atoms with Crippen LogP contribution in [0, 0.1) is 0 Å². The summed E-state index contributed by atoms with van der Waals surface area (Å²) in [6.45, 7) is 0. The van der Waals surface area contributed by atoms with Crippen molar-refractivity contribution in [1.82, 2.24) is 9.97 Å². The molecule has 0 amide bonds. The number of hydrogen-bond donors (Lipinski definition) is 0. The molecule has 0 saturated heterocycles. The van der Waals surface area contributed by atoms with E-state index < -0.39 is 0 Å². The molecule has 0 N–H and O–H groups in total. The Balaban J connectivity index is 2.56. The molecule has 1 aliphatic heterocycles. The van der Waals surface area contributed by atoms with Crippen molar-refractivity contribution in [2.75, 3.05) is 0 Å². The number of aromatic nitrogens is 2. The van der Waals surface area contributed by atoms with Crippen LogP contribution in [-0.2, 0) is 0 Å². The monoisotopic (exact) mass is 167 g/mol. The van der Waals surface area contributed by atoms with Gasteiger partial charge >= 0.3 is 0 Å². The fourth-order valence-electron chi connectivity index (χ4n) is 1.63. The highest BCUT2D eigenvalue weighted by molar-refractivity contribution is 5.97. The van der Waals surface area contributed by atoms with E-state index >= 15 is 0 Å². The molecule has 0 aromatic carbocycles. The van der Waals surface area contributed by atoms with Crippen molar-refractivity contribution < 1.29 is 0 Å². The molecule has 0 bridgehead atoms. The zero-order valence-electron chi connectivity index (χ0n) is 6.94. The lowest BCUT2D eigenvalue weighted by Crippen LogP contribution is -1.82. The maximum atomic E-state index is 4.31. The Morgan fingerprint density at radius 1 is 1.15 bits per heavy atom. The maximum absolute atomic E-state index is 4.31. The summed E-state index contributed by atoms with van der Waals surface area (Å²) < 4.78 is 0. The van der Waals surface area contributed by atoms with Crippen molar-refractivity contribution in [3.05, 3.63) is 42.7 Å². The molecule has 1 aromatic rings. The van der Waals surface area contributed by atoms with Gasteiger partial charge in [-0.25, -0.2) is 0 Å². The van der Waals surface area contributed by atoms with E-state index in [1.807, 2.05) is 12.1 Å². The topological polar surface area (TPSA) is 27.0 Å². The van der Waals surface area contributed by atoms with E-state index in [2.05, 4.69) is 28.2 Å². The van der Waals surface area contributed by atoms with Gasteiger partial charge in [0, 0.05) is 6.20 Å². The Morgan fingerprint density at radius 2 is 2.15 bits per heavy atom. The average Bonchev–Trinajstić information content (AvgIpc) is 2.56. The van der Waals surface area contributed by atoms with Gasteiger partial charge in [0.25, 0.3) is 0 Å². The number of rotatable bonds is 0. The van der Waals surface area contributed by atoms with Crippen molar-refractivity contribution in [3.8, 4) is 11.3 Å². The molecule has 2 nitrogen and oxygen atoms in total. The minimum Gasteiger partial charge on any atom is -0.662 e. The molecule has 2 aliphatic rings. The fourth-order valence-corrected chi connectivity index (χ4v) is 1.63. The summed E-state index contributed by atoms with van der Waals surface area (Å²) in [5, 5.41) is 1.16. The van der Waals surface area contributed by atoms with Crippen molar-refractivity contribution in [2.45, 2.75) is 0 Å². The average molecular weight is 167 g/mol. The molecule has 0 radical (unpaired) electrons. The van der Waals surface area contributed by atoms with Gasteiger partial charge in [0.2, 0.25) is 0 Å². The molecule has 0 fully saturated rings.